The van der Waals surface area contributed by atoms with Crippen molar-refractivity contribution in [2.45, 2.75) is 32.5 Å². The summed E-state index contributed by atoms with van der Waals surface area (Å²) in [7, 11) is 0. The van der Waals surface area contributed by atoms with Crippen LogP contribution in [-0.4, -0.2) is 27.9 Å². The van der Waals surface area contributed by atoms with Gasteiger partial charge >= 0.3 is 12.2 Å². The number of benzene rings is 2. The number of hydrogen-bond donors (Lipinski definition) is 4. The van der Waals surface area contributed by atoms with E-state index in [1.54, 1.807) is 31.2 Å². The highest BCUT2D eigenvalue weighted by Crippen LogP contribution is 2.33. The van der Waals surface area contributed by atoms with Crippen LogP contribution in [-0.2, 0) is 11.0 Å². The molecule has 184 valence electrons. The zero-order chi connectivity index (χ0) is 25.6. The van der Waals surface area contributed by atoms with Gasteiger partial charge in [-0.05, 0) is 55.3 Å². The van der Waals surface area contributed by atoms with Gasteiger partial charge in [0, 0.05) is 17.4 Å². The maximum Gasteiger partial charge on any atom is 0.416 e. The zero-order valence-electron chi connectivity index (χ0n) is 18.8. The first-order valence-corrected chi connectivity index (χ1v) is 10.5. The third-order valence-electron chi connectivity index (χ3n) is 4.85. The summed E-state index contributed by atoms with van der Waals surface area (Å²) in [5.74, 6) is 0.459. The van der Waals surface area contributed by atoms with E-state index in [9.17, 15) is 22.8 Å². The van der Waals surface area contributed by atoms with E-state index in [0.29, 0.717) is 23.7 Å². The molecule has 0 aliphatic carbocycles. The summed E-state index contributed by atoms with van der Waals surface area (Å²) in [4.78, 5) is 31.6. The van der Waals surface area contributed by atoms with Crippen molar-refractivity contribution < 1.29 is 27.5 Å². The van der Waals surface area contributed by atoms with Gasteiger partial charge in [0.05, 0.1) is 5.56 Å². The average molecular weight is 488 g/mol. The lowest BCUT2D eigenvalue weighted by Crippen LogP contribution is -2.35. The number of hydrogen-bond acceptors (Lipinski definition) is 6. The van der Waals surface area contributed by atoms with Crippen molar-refractivity contribution >= 4 is 29.1 Å². The molecule has 0 fully saturated rings. The zero-order valence-corrected chi connectivity index (χ0v) is 18.8. The molecule has 2 aromatic carbocycles. The van der Waals surface area contributed by atoms with Crippen molar-refractivity contribution in [2.24, 2.45) is 5.73 Å². The van der Waals surface area contributed by atoms with Crippen LogP contribution in [0, 0.1) is 6.92 Å². The Bertz CT molecular complexity index is 1200. The van der Waals surface area contributed by atoms with E-state index in [4.69, 9.17) is 10.5 Å². The fraction of sp³-hybridized carbons (Fsp3) is 0.217. The second kappa shape index (κ2) is 10.7. The van der Waals surface area contributed by atoms with Gasteiger partial charge < -0.3 is 26.4 Å². The molecule has 5 N–H and O–H groups in total. The molecule has 1 heterocycles. The first-order chi connectivity index (χ1) is 16.5. The topological polar surface area (TPSA) is 131 Å². The third kappa shape index (κ3) is 7.06. The Kier molecular flexibility index (Phi) is 7.74. The number of carbonyl (C=O) groups excluding carboxylic acids is 2. The predicted octanol–water partition coefficient (Wildman–Crippen LogP) is 4.92. The molecule has 3 amide bonds. The number of aromatic nitrogens is 2. The van der Waals surface area contributed by atoms with Crippen LogP contribution in [0.15, 0.2) is 54.9 Å². The Morgan fingerprint density at radius 2 is 1.69 bits per heavy atom. The second-order valence-corrected chi connectivity index (χ2v) is 7.48. The molecule has 3 rings (SSSR count). The standard InChI is InChI=1S/C23H23F3N6O3/c1-3-18(21(27)33)32-19-11-20(29-12-28-19)35-16-8-6-14(7-9-16)30-22(34)31-15-5-4-13(2)17(10-15)23(24,25)26/h4-12,18H,3H2,1-2H3,(H2,27,33)(H,28,29,32)(H2,30,31,34). The fourth-order valence-corrected chi connectivity index (χ4v) is 3.05. The lowest BCUT2D eigenvalue weighted by atomic mass is 10.1. The fourth-order valence-electron chi connectivity index (χ4n) is 3.05. The summed E-state index contributed by atoms with van der Waals surface area (Å²) in [5.41, 5.74) is 4.96. The van der Waals surface area contributed by atoms with Gasteiger partial charge in [-0.25, -0.2) is 14.8 Å². The predicted molar refractivity (Wildman–Crippen MR) is 124 cm³/mol. The van der Waals surface area contributed by atoms with Crippen LogP contribution in [0.25, 0.3) is 0 Å². The molecule has 1 aromatic heterocycles. The van der Waals surface area contributed by atoms with Crippen LogP contribution in [0.2, 0.25) is 0 Å². The number of rotatable bonds is 8. The van der Waals surface area contributed by atoms with Crippen molar-refractivity contribution in [1.82, 2.24) is 9.97 Å². The molecule has 0 saturated heterocycles. The largest absolute Gasteiger partial charge is 0.439 e. The number of nitrogens with two attached hydrogens (primary N) is 1. The van der Waals surface area contributed by atoms with Crippen LogP contribution in [0.3, 0.4) is 0 Å². The number of alkyl halides is 3. The summed E-state index contributed by atoms with van der Waals surface area (Å²) in [6, 6.07) is 9.99. The quantitative estimate of drug-likeness (QED) is 0.356. The highest BCUT2D eigenvalue weighted by molar-refractivity contribution is 5.99. The van der Waals surface area contributed by atoms with Crippen LogP contribution < -0.4 is 26.4 Å². The van der Waals surface area contributed by atoms with E-state index < -0.39 is 29.7 Å². The molecule has 0 bridgehead atoms. The second-order valence-electron chi connectivity index (χ2n) is 7.48. The van der Waals surface area contributed by atoms with Crippen molar-refractivity contribution in [3.8, 4) is 11.6 Å². The molecule has 0 aliphatic heterocycles. The van der Waals surface area contributed by atoms with Crippen molar-refractivity contribution in [1.29, 1.82) is 0 Å². The van der Waals surface area contributed by atoms with Gasteiger partial charge in [0.15, 0.2) is 0 Å². The Morgan fingerprint density at radius 3 is 2.31 bits per heavy atom. The number of carbonyl (C=O) groups is 2. The third-order valence-corrected chi connectivity index (χ3v) is 4.85. The Hall–Kier alpha value is -4.35. The molecule has 3 aromatic rings. The molecule has 0 saturated carbocycles. The minimum absolute atomic E-state index is 0.00945. The number of nitrogens with one attached hydrogen (secondary N) is 3. The molecule has 9 nitrogen and oxygen atoms in total. The number of anilines is 3. The minimum Gasteiger partial charge on any atom is -0.439 e. The minimum atomic E-state index is -4.52. The summed E-state index contributed by atoms with van der Waals surface area (Å²) in [6.45, 7) is 3.15. The molecule has 1 atom stereocenters. The molecule has 0 spiro atoms. The van der Waals surface area contributed by atoms with Crippen LogP contribution in [0.5, 0.6) is 11.6 Å². The van der Waals surface area contributed by atoms with E-state index in [-0.39, 0.29) is 17.1 Å². The van der Waals surface area contributed by atoms with Gasteiger partial charge in [-0.15, -0.1) is 0 Å². The highest BCUT2D eigenvalue weighted by atomic mass is 19.4. The summed E-state index contributed by atoms with van der Waals surface area (Å²) in [5, 5.41) is 7.81. The smallest absolute Gasteiger partial charge is 0.416 e. The van der Waals surface area contributed by atoms with Gasteiger partial charge in [0.1, 0.15) is 23.9 Å². The van der Waals surface area contributed by atoms with E-state index in [1.807, 2.05) is 0 Å². The highest BCUT2D eigenvalue weighted by Gasteiger charge is 2.32. The van der Waals surface area contributed by atoms with E-state index in [1.165, 1.54) is 31.5 Å². The molecule has 35 heavy (non-hydrogen) atoms. The van der Waals surface area contributed by atoms with Gasteiger partial charge in [-0.3, -0.25) is 4.79 Å². The van der Waals surface area contributed by atoms with Gasteiger partial charge in [-0.2, -0.15) is 13.2 Å². The van der Waals surface area contributed by atoms with Crippen LogP contribution in [0.4, 0.5) is 35.2 Å². The summed E-state index contributed by atoms with van der Waals surface area (Å²) < 4.78 is 44.9. The Labute approximate surface area is 198 Å². The number of nitrogens with zero attached hydrogens (tertiary/aromatic N) is 2. The molecule has 0 aliphatic rings. The first-order valence-electron chi connectivity index (χ1n) is 10.5. The monoisotopic (exact) mass is 488 g/mol. The molecular weight excluding hydrogens is 465 g/mol. The molecular formula is C23H23F3N6O3. The number of ether oxygens (including phenoxy) is 1. The lowest BCUT2D eigenvalue weighted by Gasteiger charge is -2.14. The summed E-state index contributed by atoms with van der Waals surface area (Å²) >= 11 is 0. The summed E-state index contributed by atoms with van der Waals surface area (Å²) in [6.07, 6.45) is -2.78. The first kappa shape index (κ1) is 25.3. The SMILES string of the molecule is CCC(Nc1cc(Oc2ccc(NC(=O)Nc3ccc(C)c(C(F)(F)F)c3)cc2)ncn1)C(N)=O. The van der Waals surface area contributed by atoms with Gasteiger partial charge in [0.25, 0.3) is 0 Å². The van der Waals surface area contributed by atoms with E-state index in [2.05, 4.69) is 25.9 Å². The number of aryl methyl sites for hydroxylation is 1. The van der Waals surface area contributed by atoms with Crippen molar-refractivity contribution in [3.63, 3.8) is 0 Å². The van der Waals surface area contributed by atoms with Gasteiger partial charge in [-0.1, -0.05) is 13.0 Å². The molecule has 12 heteroatoms. The van der Waals surface area contributed by atoms with Crippen LogP contribution in [0.1, 0.15) is 24.5 Å². The number of primary amides is 1. The number of halogens is 3. The van der Waals surface area contributed by atoms with Crippen molar-refractivity contribution in [2.75, 3.05) is 16.0 Å². The van der Waals surface area contributed by atoms with Gasteiger partial charge in [0.2, 0.25) is 11.8 Å². The number of amides is 3. The molecule has 0 radical (unpaired) electrons. The maximum absolute atomic E-state index is 13.1. The van der Waals surface area contributed by atoms with E-state index in [0.717, 1.165) is 6.07 Å². The maximum atomic E-state index is 13.1. The Morgan fingerprint density at radius 1 is 1.03 bits per heavy atom. The number of urea groups is 1. The van der Waals surface area contributed by atoms with Crippen molar-refractivity contribution in [3.05, 3.63) is 66.0 Å². The van der Waals surface area contributed by atoms with E-state index >= 15 is 0 Å². The lowest BCUT2D eigenvalue weighted by molar-refractivity contribution is -0.138. The average Bonchev–Trinajstić information content (AvgIpc) is 2.79. The van der Waals surface area contributed by atoms with Crippen LogP contribution >= 0.6 is 0 Å². The normalized spacial score (nSPS) is 11.9. The molecule has 1 unspecified atom stereocenters. The Balaban J connectivity index is 1.60.